The van der Waals surface area contributed by atoms with Crippen molar-refractivity contribution in [3.63, 3.8) is 0 Å². The maximum atomic E-state index is 6.33. The molecule has 2 rings (SSSR count). The minimum atomic E-state index is -0.124. The molecule has 0 radical (unpaired) electrons. The average molecular weight is 266 g/mol. The lowest BCUT2D eigenvalue weighted by Crippen LogP contribution is -2.12. The van der Waals surface area contributed by atoms with Gasteiger partial charge in [-0.2, -0.15) is 0 Å². The second kappa shape index (κ2) is 4.81. The second-order valence-corrected chi connectivity index (χ2v) is 6.03. The summed E-state index contributed by atoms with van der Waals surface area (Å²) in [6.45, 7) is 6.21. The highest BCUT2D eigenvalue weighted by Gasteiger charge is 2.17. The second-order valence-electron chi connectivity index (χ2n) is 4.36. The van der Waals surface area contributed by atoms with Gasteiger partial charge in [0.2, 0.25) is 0 Å². The number of thiophene rings is 1. The molecule has 2 N–H and O–H groups in total. The van der Waals surface area contributed by atoms with Crippen molar-refractivity contribution < 1.29 is 0 Å². The number of nitrogens with two attached hydrogens (primary N) is 1. The van der Waals surface area contributed by atoms with E-state index < -0.39 is 0 Å². The fourth-order valence-corrected chi connectivity index (χ4v) is 3.32. The number of hydrogen-bond acceptors (Lipinski definition) is 2. The topological polar surface area (TPSA) is 26.0 Å². The molecule has 0 spiro atoms. The summed E-state index contributed by atoms with van der Waals surface area (Å²) in [7, 11) is 0. The van der Waals surface area contributed by atoms with Gasteiger partial charge in [-0.05, 0) is 43.5 Å². The molecule has 1 nitrogen and oxygen atoms in total. The first kappa shape index (κ1) is 12.6. The van der Waals surface area contributed by atoms with Crippen molar-refractivity contribution in [3.05, 3.63) is 55.7 Å². The van der Waals surface area contributed by atoms with E-state index in [-0.39, 0.29) is 6.04 Å². The molecular formula is C14H16ClNS. The zero-order chi connectivity index (χ0) is 12.6. The fraction of sp³-hybridized carbons (Fsp3) is 0.286. The minimum Gasteiger partial charge on any atom is -0.320 e. The fourth-order valence-electron chi connectivity index (χ4n) is 2.02. The molecule has 0 saturated carbocycles. The SMILES string of the molecule is Cc1cc(C)c(C(N)c2cccc(C)c2Cl)s1. The summed E-state index contributed by atoms with van der Waals surface area (Å²) in [6, 6.07) is 8.07. The van der Waals surface area contributed by atoms with Gasteiger partial charge in [0, 0.05) is 14.8 Å². The van der Waals surface area contributed by atoms with Gasteiger partial charge in [0.1, 0.15) is 0 Å². The third-order valence-electron chi connectivity index (χ3n) is 2.92. The van der Waals surface area contributed by atoms with Crippen LogP contribution in [0.15, 0.2) is 24.3 Å². The van der Waals surface area contributed by atoms with Gasteiger partial charge in [-0.1, -0.05) is 29.8 Å². The van der Waals surface area contributed by atoms with Gasteiger partial charge in [0.05, 0.1) is 6.04 Å². The van der Waals surface area contributed by atoms with Crippen molar-refractivity contribution in [3.8, 4) is 0 Å². The van der Waals surface area contributed by atoms with Gasteiger partial charge in [-0.25, -0.2) is 0 Å². The van der Waals surface area contributed by atoms with E-state index in [0.717, 1.165) is 16.1 Å². The van der Waals surface area contributed by atoms with E-state index in [1.807, 2.05) is 25.1 Å². The van der Waals surface area contributed by atoms with Crippen molar-refractivity contribution in [1.29, 1.82) is 0 Å². The van der Waals surface area contributed by atoms with Crippen LogP contribution in [0.2, 0.25) is 5.02 Å². The van der Waals surface area contributed by atoms with Gasteiger partial charge in [-0.15, -0.1) is 11.3 Å². The van der Waals surface area contributed by atoms with Crippen molar-refractivity contribution in [2.75, 3.05) is 0 Å². The normalized spacial score (nSPS) is 12.8. The maximum absolute atomic E-state index is 6.33. The molecule has 0 aliphatic heterocycles. The van der Waals surface area contributed by atoms with E-state index in [4.69, 9.17) is 17.3 Å². The molecule has 2 aromatic rings. The van der Waals surface area contributed by atoms with Crippen LogP contribution in [-0.2, 0) is 0 Å². The third kappa shape index (κ3) is 2.39. The Labute approximate surface area is 111 Å². The van der Waals surface area contributed by atoms with Crippen molar-refractivity contribution in [1.82, 2.24) is 0 Å². The van der Waals surface area contributed by atoms with Gasteiger partial charge in [0.25, 0.3) is 0 Å². The Balaban J connectivity index is 2.47. The number of halogens is 1. The monoisotopic (exact) mass is 265 g/mol. The minimum absolute atomic E-state index is 0.124. The molecule has 1 atom stereocenters. The smallest absolute Gasteiger partial charge is 0.0663 e. The maximum Gasteiger partial charge on any atom is 0.0663 e. The molecule has 1 unspecified atom stereocenters. The zero-order valence-electron chi connectivity index (χ0n) is 10.3. The first-order valence-corrected chi connectivity index (χ1v) is 6.77. The van der Waals surface area contributed by atoms with Crippen LogP contribution in [0.3, 0.4) is 0 Å². The predicted molar refractivity (Wildman–Crippen MR) is 76.0 cm³/mol. The molecule has 1 aromatic carbocycles. The third-order valence-corrected chi connectivity index (χ3v) is 4.67. The van der Waals surface area contributed by atoms with E-state index in [0.29, 0.717) is 0 Å². The molecule has 0 aliphatic carbocycles. The van der Waals surface area contributed by atoms with Crippen molar-refractivity contribution in [2.24, 2.45) is 5.73 Å². The molecule has 1 aromatic heterocycles. The van der Waals surface area contributed by atoms with E-state index in [1.165, 1.54) is 15.3 Å². The summed E-state index contributed by atoms with van der Waals surface area (Å²) in [5, 5.41) is 0.783. The molecule has 0 bridgehead atoms. The summed E-state index contributed by atoms with van der Waals surface area (Å²) in [5.74, 6) is 0. The van der Waals surface area contributed by atoms with E-state index in [1.54, 1.807) is 11.3 Å². The van der Waals surface area contributed by atoms with Crippen LogP contribution in [-0.4, -0.2) is 0 Å². The van der Waals surface area contributed by atoms with Gasteiger partial charge in [-0.3, -0.25) is 0 Å². The number of aryl methyl sites for hydroxylation is 3. The lowest BCUT2D eigenvalue weighted by molar-refractivity contribution is 0.883. The Morgan fingerprint density at radius 3 is 2.47 bits per heavy atom. The molecule has 90 valence electrons. The summed E-state index contributed by atoms with van der Waals surface area (Å²) in [6.07, 6.45) is 0. The van der Waals surface area contributed by atoms with Crippen LogP contribution >= 0.6 is 22.9 Å². The lowest BCUT2D eigenvalue weighted by atomic mass is 10.0. The highest BCUT2D eigenvalue weighted by Crippen LogP contribution is 2.34. The quantitative estimate of drug-likeness (QED) is 0.857. The Morgan fingerprint density at radius 1 is 1.18 bits per heavy atom. The average Bonchev–Trinajstić information content (AvgIpc) is 2.61. The summed E-state index contributed by atoms with van der Waals surface area (Å²) in [4.78, 5) is 2.49. The zero-order valence-corrected chi connectivity index (χ0v) is 11.8. The van der Waals surface area contributed by atoms with Crippen LogP contribution in [0.4, 0.5) is 0 Å². The lowest BCUT2D eigenvalue weighted by Gasteiger charge is -2.14. The van der Waals surface area contributed by atoms with Crippen LogP contribution < -0.4 is 5.73 Å². The molecule has 0 saturated heterocycles. The van der Waals surface area contributed by atoms with Crippen LogP contribution in [0.1, 0.15) is 32.5 Å². The van der Waals surface area contributed by atoms with Gasteiger partial charge < -0.3 is 5.73 Å². The Morgan fingerprint density at radius 2 is 1.88 bits per heavy atom. The molecule has 0 amide bonds. The van der Waals surface area contributed by atoms with Gasteiger partial charge >= 0.3 is 0 Å². The van der Waals surface area contributed by atoms with Crippen molar-refractivity contribution >= 4 is 22.9 Å². The molecular weight excluding hydrogens is 250 g/mol. The highest BCUT2D eigenvalue weighted by atomic mass is 35.5. The van der Waals surface area contributed by atoms with Crippen molar-refractivity contribution in [2.45, 2.75) is 26.8 Å². The van der Waals surface area contributed by atoms with Gasteiger partial charge in [0.15, 0.2) is 0 Å². The summed E-state index contributed by atoms with van der Waals surface area (Å²) >= 11 is 8.07. The molecule has 0 fully saturated rings. The number of benzene rings is 1. The first-order valence-electron chi connectivity index (χ1n) is 5.58. The molecule has 1 heterocycles. The molecule has 0 aliphatic rings. The van der Waals surface area contributed by atoms with E-state index >= 15 is 0 Å². The Bertz CT molecular complexity index is 545. The Kier molecular flexibility index (Phi) is 3.57. The highest BCUT2D eigenvalue weighted by molar-refractivity contribution is 7.12. The summed E-state index contributed by atoms with van der Waals surface area (Å²) in [5.41, 5.74) is 9.66. The van der Waals surface area contributed by atoms with E-state index in [9.17, 15) is 0 Å². The summed E-state index contributed by atoms with van der Waals surface area (Å²) < 4.78 is 0. The number of hydrogen-bond donors (Lipinski definition) is 1. The Hall–Kier alpha value is -0.830. The molecule has 3 heteroatoms. The largest absolute Gasteiger partial charge is 0.320 e. The molecule has 17 heavy (non-hydrogen) atoms. The first-order chi connectivity index (χ1) is 8.00. The van der Waals surface area contributed by atoms with E-state index in [2.05, 4.69) is 19.9 Å². The van der Waals surface area contributed by atoms with Crippen LogP contribution in [0.25, 0.3) is 0 Å². The van der Waals surface area contributed by atoms with Crippen LogP contribution in [0.5, 0.6) is 0 Å². The standard InChI is InChI=1S/C14H16ClNS/c1-8-5-4-6-11(12(8)15)13(16)14-9(2)7-10(3)17-14/h4-7,13H,16H2,1-3H3. The number of rotatable bonds is 2. The predicted octanol–water partition coefficient (Wildman–Crippen LogP) is 4.37. The van der Waals surface area contributed by atoms with Crippen LogP contribution in [0, 0.1) is 20.8 Å².